The summed E-state index contributed by atoms with van der Waals surface area (Å²) < 4.78 is 0. The molecule has 0 aliphatic carbocycles. The van der Waals surface area contributed by atoms with Crippen LogP contribution in [0.4, 0.5) is 0 Å². The SMILES string of the molecule is O=C(CCc1ccccc1)NC(=O)c1ccccn1. The fourth-order valence-electron chi connectivity index (χ4n) is 1.65. The summed E-state index contributed by atoms with van der Waals surface area (Å²) in [5, 5.41) is 2.33. The van der Waals surface area contributed by atoms with Gasteiger partial charge in [0.1, 0.15) is 5.69 Å². The van der Waals surface area contributed by atoms with Gasteiger partial charge < -0.3 is 0 Å². The molecule has 1 N–H and O–H groups in total. The van der Waals surface area contributed by atoms with Crippen molar-refractivity contribution in [1.82, 2.24) is 10.3 Å². The number of nitrogens with zero attached hydrogens (tertiary/aromatic N) is 1. The second kappa shape index (κ2) is 6.44. The number of benzene rings is 1. The summed E-state index contributed by atoms with van der Waals surface area (Å²) in [5.41, 5.74) is 1.32. The minimum absolute atomic E-state index is 0.246. The summed E-state index contributed by atoms with van der Waals surface area (Å²) in [6.45, 7) is 0. The van der Waals surface area contributed by atoms with E-state index in [4.69, 9.17) is 0 Å². The molecule has 1 aromatic carbocycles. The molecule has 0 aliphatic heterocycles. The lowest BCUT2D eigenvalue weighted by molar-refractivity contribution is -0.120. The molecule has 2 rings (SSSR count). The van der Waals surface area contributed by atoms with Crippen LogP contribution in [0.2, 0.25) is 0 Å². The summed E-state index contributed by atoms with van der Waals surface area (Å²) in [7, 11) is 0. The zero-order valence-electron chi connectivity index (χ0n) is 10.4. The standard InChI is InChI=1S/C15H14N2O2/c18-14(10-9-12-6-2-1-3-7-12)17-15(19)13-8-4-5-11-16-13/h1-8,11H,9-10H2,(H,17,18,19). The number of nitrogens with one attached hydrogen (secondary N) is 1. The molecule has 0 aliphatic rings. The van der Waals surface area contributed by atoms with Gasteiger partial charge in [0.15, 0.2) is 0 Å². The predicted molar refractivity (Wildman–Crippen MR) is 71.5 cm³/mol. The first kappa shape index (κ1) is 13.0. The Hall–Kier alpha value is -2.49. The highest BCUT2D eigenvalue weighted by Crippen LogP contribution is 2.02. The third kappa shape index (κ3) is 4.03. The van der Waals surface area contributed by atoms with Crippen molar-refractivity contribution >= 4 is 11.8 Å². The van der Waals surface area contributed by atoms with Crippen LogP contribution in [0.15, 0.2) is 54.7 Å². The third-order valence-electron chi connectivity index (χ3n) is 2.63. The predicted octanol–water partition coefficient (Wildman–Crippen LogP) is 1.97. The fraction of sp³-hybridized carbons (Fsp3) is 0.133. The Labute approximate surface area is 111 Å². The molecule has 2 amide bonds. The Morgan fingerprint density at radius 3 is 2.42 bits per heavy atom. The average molecular weight is 254 g/mol. The minimum Gasteiger partial charge on any atom is -0.291 e. The van der Waals surface area contributed by atoms with Crippen molar-refractivity contribution in [2.75, 3.05) is 0 Å². The van der Waals surface area contributed by atoms with E-state index in [9.17, 15) is 9.59 Å². The molecule has 0 unspecified atom stereocenters. The van der Waals surface area contributed by atoms with E-state index >= 15 is 0 Å². The first-order valence-corrected chi connectivity index (χ1v) is 6.05. The van der Waals surface area contributed by atoms with Crippen molar-refractivity contribution in [2.24, 2.45) is 0 Å². The number of imide groups is 1. The first-order valence-electron chi connectivity index (χ1n) is 6.05. The number of aryl methyl sites for hydroxylation is 1. The van der Waals surface area contributed by atoms with E-state index in [1.807, 2.05) is 30.3 Å². The lowest BCUT2D eigenvalue weighted by Crippen LogP contribution is -2.31. The van der Waals surface area contributed by atoms with Gasteiger partial charge in [-0.25, -0.2) is 0 Å². The van der Waals surface area contributed by atoms with Crippen molar-refractivity contribution in [2.45, 2.75) is 12.8 Å². The van der Waals surface area contributed by atoms with Crippen molar-refractivity contribution < 1.29 is 9.59 Å². The number of rotatable bonds is 4. The molecular formula is C15H14N2O2. The lowest BCUT2D eigenvalue weighted by Gasteiger charge is -2.03. The van der Waals surface area contributed by atoms with E-state index in [1.54, 1.807) is 18.2 Å². The molecule has 0 bridgehead atoms. The van der Waals surface area contributed by atoms with Crippen molar-refractivity contribution in [3.8, 4) is 0 Å². The van der Waals surface area contributed by atoms with Gasteiger partial charge in [-0.2, -0.15) is 0 Å². The third-order valence-corrected chi connectivity index (χ3v) is 2.63. The van der Waals surface area contributed by atoms with Crippen molar-refractivity contribution in [3.05, 3.63) is 66.0 Å². The van der Waals surface area contributed by atoms with Gasteiger partial charge in [-0.1, -0.05) is 36.4 Å². The number of hydrogen-bond acceptors (Lipinski definition) is 3. The summed E-state index contributed by atoms with van der Waals surface area (Å²) in [5.74, 6) is -0.752. The normalized spacial score (nSPS) is 9.89. The first-order chi connectivity index (χ1) is 9.25. The van der Waals surface area contributed by atoms with Crippen LogP contribution in [0.5, 0.6) is 0 Å². The average Bonchev–Trinajstić information content (AvgIpc) is 2.47. The zero-order valence-corrected chi connectivity index (χ0v) is 10.4. The Balaban J connectivity index is 1.83. The Bertz CT molecular complexity index is 553. The number of carbonyl (C=O) groups excluding carboxylic acids is 2. The van der Waals surface area contributed by atoms with Gasteiger partial charge in [0, 0.05) is 12.6 Å². The fourth-order valence-corrected chi connectivity index (χ4v) is 1.65. The van der Waals surface area contributed by atoms with Gasteiger partial charge in [0.05, 0.1) is 0 Å². The number of pyridine rings is 1. The lowest BCUT2D eigenvalue weighted by atomic mass is 10.1. The van der Waals surface area contributed by atoms with E-state index in [0.717, 1.165) is 5.56 Å². The monoisotopic (exact) mass is 254 g/mol. The smallest absolute Gasteiger partial charge is 0.276 e. The Kier molecular flexibility index (Phi) is 4.39. The molecular weight excluding hydrogens is 240 g/mol. The molecule has 4 nitrogen and oxygen atoms in total. The summed E-state index contributed by atoms with van der Waals surface area (Å²) in [4.78, 5) is 27.2. The highest BCUT2D eigenvalue weighted by atomic mass is 16.2. The molecule has 96 valence electrons. The van der Waals surface area contributed by atoms with Gasteiger partial charge in [-0.15, -0.1) is 0 Å². The van der Waals surface area contributed by atoms with Crippen LogP contribution in [0, 0.1) is 0 Å². The Morgan fingerprint density at radius 1 is 1.00 bits per heavy atom. The van der Waals surface area contributed by atoms with Crippen LogP contribution in [0.25, 0.3) is 0 Å². The molecule has 1 heterocycles. The molecule has 0 saturated heterocycles. The molecule has 0 atom stereocenters. The van der Waals surface area contributed by atoms with Crippen LogP contribution >= 0.6 is 0 Å². The van der Waals surface area contributed by atoms with E-state index in [1.165, 1.54) is 6.20 Å². The van der Waals surface area contributed by atoms with Gasteiger partial charge in [-0.3, -0.25) is 19.9 Å². The van der Waals surface area contributed by atoms with Gasteiger partial charge in [-0.05, 0) is 24.1 Å². The van der Waals surface area contributed by atoms with Gasteiger partial charge >= 0.3 is 0 Å². The zero-order chi connectivity index (χ0) is 13.5. The van der Waals surface area contributed by atoms with Crippen LogP contribution in [0.1, 0.15) is 22.5 Å². The highest BCUT2D eigenvalue weighted by molar-refractivity contribution is 6.03. The van der Waals surface area contributed by atoms with Gasteiger partial charge in [0.25, 0.3) is 5.91 Å². The maximum atomic E-state index is 11.7. The number of amides is 2. The summed E-state index contributed by atoms with van der Waals surface area (Å²) in [6.07, 6.45) is 2.41. The number of carbonyl (C=O) groups is 2. The second-order valence-corrected chi connectivity index (χ2v) is 4.08. The van der Waals surface area contributed by atoms with E-state index in [0.29, 0.717) is 6.42 Å². The number of hydrogen-bond donors (Lipinski definition) is 1. The van der Waals surface area contributed by atoms with Crippen molar-refractivity contribution in [1.29, 1.82) is 0 Å². The molecule has 1 aromatic heterocycles. The van der Waals surface area contributed by atoms with Crippen LogP contribution in [-0.4, -0.2) is 16.8 Å². The largest absolute Gasteiger partial charge is 0.291 e. The topological polar surface area (TPSA) is 59.1 Å². The van der Waals surface area contributed by atoms with E-state index in [-0.39, 0.29) is 18.0 Å². The molecule has 4 heteroatoms. The molecule has 0 fully saturated rings. The molecule has 0 saturated carbocycles. The highest BCUT2D eigenvalue weighted by Gasteiger charge is 2.10. The van der Waals surface area contributed by atoms with E-state index < -0.39 is 5.91 Å². The Morgan fingerprint density at radius 2 is 1.74 bits per heavy atom. The molecule has 0 radical (unpaired) electrons. The van der Waals surface area contributed by atoms with Crippen LogP contribution < -0.4 is 5.32 Å². The molecule has 19 heavy (non-hydrogen) atoms. The number of aromatic nitrogens is 1. The summed E-state index contributed by atoms with van der Waals surface area (Å²) in [6, 6.07) is 14.7. The second-order valence-electron chi connectivity index (χ2n) is 4.08. The quantitative estimate of drug-likeness (QED) is 0.907. The molecule has 0 spiro atoms. The van der Waals surface area contributed by atoms with Crippen LogP contribution in [0.3, 0.4) is 0 Å². The maximum Gasteiger partial charge on any atom is 0.276 e. The van der Waals surface area contributed by atoms with Crippen molar-refractivity contribution in [3.63, 3.8) is 0 Å². The van der Waals surface area contributed by atoms with Gasteiger partial charge in [0.2, 0.25) is 5.91 Å². The minimum atomic E-state index is -0.460. The van der Waals surface area contributed by atoms with E-state index in [2.05, 4.69) is 10.3 Å². The maximum absolute atomic E-state index is 11.7. The summed E-state index contributed by atoms with van der Waals surface area (Å²) >= 11 is 0. The van der Waals surface area contributed by atoms with Crippen LogP contribution in [-0.2, 0) is 11.2 Å². The molecule has 2 aromatic rings.